The summed E-state index contributed by atoms with van der Waals surface area (Å²) in [5.41, 5.74) is 6.85. The van der Waals surface area contributed by atoms with E-state index in [1.165, 1.54) is 15.8 Å². The molecule has 1 aliphatic carbocycles. The third-order valence-corrected chi connectivity index (χ3v) is 8.20. The Balaban J connectivity index is 1.10. The maximum Gasteiger partial charge on any atom is 0.411 e. The summed E-state index contributed by atoms with van der Waals surface area (Å²) in [6, 6.07) is 0.0841. The number of nitrogens with one attached hydrogen (secondary N) is 1. The lowest BCUT2D eigenvalue weighted by Crippen LogP contribution is -2.43. The molecule has 3 amide bonds. The Labute approximate surface area is 229 Å². The molecule has 3 saturated heterocycles. The van der Waals surface area contributed by atoms with E-state index in [1.54, 1.807) is 11.9 Å². The number of nitrogens with zero attached hydrogens (tertiary/aromatic N) is 6. The number of nitrogen functional groups attached to an aromatic ring is 1. The van der Waals surface area contributed by atoms with E-state index in [-0.39, 0.29) is 23.7 Å². The number of likely N-dealkylation sites (tertiary alicyclic amines) is 2. The van der Waals surface area contributed by atoms with Gasteiger partial charge in [0.25, 0.3) is 5.91 Å². The predicted molar refractivity (Wildman–Crippen MR) is 137 cm³/mol. The number of hydrogen-bond donors (Lipinski definition) is 4. The van der Waals surface area contributed by atoms with Gasteiger partial charge in [0.1, 0.15) is 23.5 Å². The van der Waals surface area contributed by atoms with Crippen LogP contribution in [0.3, 0.4) is 0 Å². The maximum absolute atomic E-state index is 12.6. The smallest absolute Gasteiger partial charge is 0.411 e. The molecular formula is C25H34N8O7. The Bertz CT molecular complexity index is 1310. The number of aromatic nitrogens is 4. The molecule has 216 valence electrons. The largest absolute Gasteiger partial charge is 0.425 e. The summed E-state index contributed by atoms with van der Waals surface area (Å²) >= 11 is 0. The molecule has 15 nitrogen and oxygen atoms in total. The highest BCUT2D eigenvalue weighted by atomic mass is 16.6. The highest BCUT2D eigenvalue weighted by molar-refractivity contribution is 5.83. The van der Waals surface area contributed by atoms with Gasteiger partial charge in [0.15, 0.2) is 30.0 Å². The number of hydrogen-bond acceptors (Lipinski definition) is 11. The number of amides is 3. The molecule has 5 heterocycles. The van der Waals surface area contributed by atoms with Gasteiger partial charge in [-0.3, -0.25) is 14.2 Å². The molecule has 0 radical (unpaired) electrons. The van der Waals surface area contributed by atoms with Crippen molar-refractivity contribution in [3.63, 3.8) is 0 Å². The number of nitrogens with two attached hydrogens (primary N) is 1. The Morgan fingerprint density at radius 3 is 2.58 bits per heavy atom. The summed E-state index contributed by atoms with van der Waals surface area (Å²) in [5.74, 6) is 0.354. The lowest BCUT2D eigenvalue weighted by atomic mass is 9.93. The van der Waals surface area contributed by atoms with Gasteiger partial charge in [-0.05, 0) is 31.6 Å². The molecule has 6 rings (SSSR count). The molecule has 4 aliphatic rings. The van der Waals surface area contributed by atoms with E-state index in [9.17, 15) is 24.6 Å². The van der Waals surface area contributed by atoms with Crippen LogP contribution in [0.4, 0.5) is 10.6 Å². The third-order valence-electron chi connectivity index (χ3n) is 8.20. The minimum atomic E-state index is -1.41. The second-order valence-electron chi connectivity index (χ2n) is 11.1. The molecule has 1 saturated carbocycles. The van der Waals surface area contributed by atoms with Gasteiger partial charge in [0.2, 0.25) is 5.91 Å². The van der Waals surface area contributed by atoms with Crippen LogP contribution in [0.25, 0.3) is 11.2 Å². The number of carbonyl (C=O) groups is 3. The first-order chi connectivity index (χ1) is 19.2. The van der Waals surface area contributed by atoms with Crippen LogP contribution in [0.2, 0.25) is 0 Å². The van der Waals surface area contributed by atoms with E-state index < -0.39 is 42.8 Å². The Hall–Kier alpha value is -3.56. The first-order valence-corrected chi connectivity index (χ1v) is 13.7. The Morgan fingerprint density at radius 2 is 1.90 bits per heavy atom. The van der Waals surface area contributed by atoms with Crippen molar-refractivity contribution < 1.29 is 34.1 Å². The van der Waals surface area contributed by atoms with Gasteiger partial charge in [0.05, 0.1) is 6.33 Å². The number of rotatable bonds is 6. The zero-order valence-electron chi connectivity index (χ0n) is 22.2. The molecule has 2 aromatic heterocycles. The monoisotopic (exact) mass is 558 g/mol. The van der Waals surface area contributed by atoms with E-state index in [1.807, 2.05) is 0 Å². The molecule has 0 bridgehead atoms. The summed E-state index contributed by atoms with van der Waals surface area (Å²) in [7, 11) is 1.64. The third kappa shape index (κ3) is 5.04. The van der Waals surface area contributed by atoms with E-state index in [4.69, 9.17) is 15.2 Å². The number of aliphatic hydroxyl groups is 2. The fourth-order valence-corrected chi connectivity index (χ4v) is 5.56. The standard InChI is InChI=1S/C25H34N8O7/c1-31-15(34)4-5-16(31)39-25(38)32-8-6-12(7-9-32)10-14-29-21(26)17-22(30-14)33(11-27-17)24-19(36)18(35)20(40-24)23(37)28-13-2-3-13/h11-13,16,18-20,24,35-36H,2-10H2,1H3,(H,28,37)(H2,26,29,30)/t16?,18?,19?,20-,24+/m0/s1. The highest BCUT2D eigenvalue weighted by Crippen LogP contribution is 2.33. The quantitative estimate of drug-likeness (QED) is 0.349. The Morgan fingerprint density at radius 1 is 1.15 bits per heavy atom. The average Bonchev–Trinajstić information content (AvgIpc) is 3.46. The Kier molecular flexibility index (Phi) is 6.96. The van der Waals surface area contributed by atoms with Crippen LogP contribution in [0, 0.1) is 5.92 Å². The molecule has 15 heteroatoms. The van der Waals surface area contributed by atoms with Crippen molar-refractivity contribution >= 4 is 34.9 Å². The van der Waals surface area contributed by atoms with Crippen molar-refractivity contribution in [1.82, 2.24) is 34.6 Å². The fraction of sp³-hybridized carbons (Fsp3) is 0.680. The van der Waals surface area contributed by atoms with Gasteiger partial charge >= 0.3 is 6.09 Å². The van der Waals surface area contributed by atoms with Crippen molar-refractivity contribution in [2.45, 2.75) is 81.8 Å². The zero-order chi connectivity index (χ0) is 28.1. The number of ether oxygens (including phenoxy) is 2. The van der Waals surface area contributed by atoms with Crippen molar-refractivity contribution in [3.8, 4) is 0 Å². The number of carbonyl (C=O) groups excluding carboxylic acids is 3. The summed E-state index contributed by atoms with van der Waals surface area (Å²) < 4.78 is 12.8. The number of piperidine rings is 1. The first-order valence-electron chi connectivity index (χ1n) is 13.7. The van der Waals surface area contributed by atoms with Crippen LogP contribution in [0.5, 0.6) is 0 Å². The first kappa shape index (κ1) is 26.7. The van der Waals surface area contributed by atoms with Gasteiger partial charge in [-0.2, -0.15) is 0 Å². The van der Waals surface area contributed by atoms with E-state index >= 15 is 0 Å². The molecule has 5 N–H and O–H groups in total. The topological polar surface area (TPSA) is 198 Å². The molecule has 3 unspecified atom stereocenters. The van der Waals surface area contributed by atoms with Crippen molar-refractivity contribution in [1.29, 1.82) is 0 Å². The molecule has 40 heavy (non-hydrogen) atoms. The van der Waals surface area contributed by atoms with Crippen LogP contribution in [-0.2, 0) is 25.5 Å². The maximum atomic E-state index is 12.6. The lowest BCUT2D eigenvalue weighted by Gasteiger charge is -2.32. The minimum Gasteiger partial charge on any atom is -0.425 e. The summed E-state index contributed by atoms with van der Waals surface area (Å²) in [6.07, 6.45) is -0.0333. The predicted octanol–water partition coefficient (Wildman–Crippen LogP) is -0.724. The van der Waals surface area contributed by atoms with Crippen LogP contribution in [-0.4, -0.2) is 108 Å². The summed E-state index contributed by atoms with van der Waals surface area (Å²) in [5, 5.41) is 24.0. The molecule has 5 atom stereocenters. The second-order valence-corrected chi connectivity index (χ2v) is 11.1. The second kappa shape index (κ2) is 10.4. The SMILES string of the molecule is CN1C(=O)CCC1OC(=O)N1CCC(Cc2nc(N)c3ncn([C@@H]4O[C@H](C(=O)NC5CC5)C(O)C4O)c3n2)CC1. The van der Waals surface area contributed by atoms with Crippen LogP contribution in [0.1, 0.15) is 50.6 Å². The van der Waals surface area contributed by atoms with Gasteiger partial charge < -0.3 is 40.5 Å². The lowest BCUT2D eigenvalue weighted by molar-refractivity contribution is -0.137. The zero-order valence-corrected chi connectivity index (χ0v) is 22.2. The van der Waals surface area contributed by atoms with Crippen LogP contribution in [0.15, 0.2) is 6.33 Å². The number of fused-ring (bicyclic) bond motifs is 1. The number of anilines is 1. The van der Waals surface area contributed by atoms with Crippen molar-refractivity contribution in [3.05, 3.63) is 12.2 Å². The van der Waals surface area contributed by atoms with Crippen molar-refractivity contribution in [2.75, 3.05) is 25.9 Å². The van der Waals surface area contributed by atoms with E-state index in [0.29, 0.717) is 62.2 Å². The highest BCUT2D eigenvalue weighted by Gasteiger charge is 2.48. The van der Waals surface area contributed by atoms with Gasteiger partial charge in [-0.25, -0.2) is 19.7 Å². The normalized spacial score (nSPS) is 29.4. The molecule has 0 spiro atoms. The summed E-state index contributed by atoms with van der Waals surface area (Å²) in [6.45, 7) is 1.02. The number of aliphatic hydroxyl groups excluding tert-OH is 2. The molecule has 4 fully saturated rings. The molecule has 0 aromatic carbocycles. The van der Waals surface area contributed by atoms with Gasteiger partial charge in [-0.15, -0.1) is 0 Å². The number of imidazole rings is 1. The average molecular weight is 559 g/mol. The van der Waals surface area contributed by atoms with E-state index in [2.05, 4.69) is 20.3 Å². The van der Waals surface area contributed by atoms with Crippen molar-refractivity contribution in [2.24, 2.45) is 5.92 Å². The molecular weight excluding hydrogens is 524 g/mol. The van der Waals surface area contributed by atoms with Gasteiger partial charge in [0, 0.05) is 45.4 Å². The van der Waals surface area contributed by atoms with Crippen LogP contribution < -0.4 is 11.1 Å². The van der Waals surface area contributed by atoms with Gasteiger partial charge in [-0.1, -0.05) is 0 Å². The summed E-state index contributed by atoms with van der Waals surface area (Å²) in [4.78, 5) is 53.3. The fourth-order valence-electron chi connectivity index (χ4n) is 5.56. The molecule has 2 aromatic rings. The van der Waals surface area contributed by atoms with E-state index in [0.717, 1.165) is 12.8 Å². The molecule has 3 aliphatic heterocycles. The minimum absolute atomic E-state index is 0.0295. The van der Waals surface area contributed by atoms with Crippen LogP contribution >= 0.6 is 0 Å².